The van der Waals surface area contributed by atoms with Crippen LogP contribution >= 0.6 is 0 Å². The van der Waals surface area contributed by atoms with Gasteiger partial charge in [0.05, 0.1) is 18.7 Å². The number of carbonyl (C=O) groups excluding carboxylic acids is 1. The number of rotatable bonds is 5. The van der Waals surface area contributed by atoms with Crippen LogP contribution in [0.1, 0.15) is 11.3 Å². The van der Waals surface area contributed by atoms with Crippen molar-refractivity contribution in [2.24, 2.45) is 5.73 Å². The molecule has 17 heavy (non-hydrogen) atoms. The number of anilines is 1. The zero-order valence-electron chi connectivity index (χ0n) is 9.31. The van der Waals surface area contributed by atoms with Crippen LogP contribution in [0.2, 0.25) is 0 Å². The molecule has 1 aromatic carbocycles. The van der Waals surface area contributed by atoms with Crippen LogP contribution in [0, 0.1) is 0 Å². The number of H-pyrrole nitrogens is 1. The molecule has 2 aromatic rings. The number of nitrogens with two attached hydrogens (primary N) is 1. The van der Waals surface area contributed by atoms with Crippen LogP contribution in [-0.2, 0) is 17.8 Å². The molecule has 1 heterocycles. The molecule has 1 amide bonds. The normalized spacial score (nSPS) is 10.1. The monoisotopic (exact) mass is 230 g/mol. The third-order valence-corrected chi connectivity index (χ3v) is 2.41. The summed E-state index contributed by atoms with van der Waals surface area (Å²) in [5, 5.41) is 9.97. The fourth-order valence-electron chi connectivity index (χ4n) is 1.61. The smallest absolute Gasteiger partial charge is 0.221 e. The molecule has 0 unspecified atom stereocenters. The van der Waals surface area contributed by atoms with Crippen molar-refractivity contribution < 1.29 is 4.79 Å². The third kappa shape index (κ3) is 3.07. The van der Waals surface area contributed by atoms with Crippen LogP contribution in [0.5, 0.6) is 0 Å². The molecule has 0 aliphatic rings. The summed E-state index contributed by atoms with van der Waals surface area (Å²) in [5.74, 6) is -0.333. The minimum absolute atomic E-state index is 0.242. The van der Waals surface area contributed by atoms with Gasteiger partial charge in [0.2, 0.25) is 5.91 Å². The number of aromatic amines is 1. The first kappa shape index (κ1) is 11.2. The van der Waals surface area contributed by atoms with E-state index >= 15 is 0 Å². The summed E-state index contributed by atoms with van der Waals surface area (Å²) >= 11 is 0. The minimum Gasteiger partial charge on any atom is -0.379 e. The van der Waals surface area contributed by atoms with Crippen LogP contribution in [0.15, 0.2) is 36.5 Å². The van der Waals surface area contributed by atoms with E-state index in [1.54, 1.807) is 6.20 Å². The van der Waals surface area contributed by atoms with Gasteiger partial charge in [-0.3, -0.25) is 9.89 Å². The van der Waals surface area contributed by atoms with Crippen molar-refractivity contribution in [1.82, 2.24) is 10.2 Å². The Morgan fingerprint density at radius 2 is 2.18 bits per heavy atom. The quantitative estimate of drug-likeness (QED) is 0.717. The van der Waals surface area contributed by atoms with Crippen molar-refractivity contribution in [2.75, 3.05) is 5.32 Å². The zero-order chi connectivity index (χ0) is 12.1. The maximum absolute atomic E-state index is 10.9. The number of nitrogens with zero attached hydrogens (tertiary/aromatic N) is 1. The van der Waals surface area contributed by atoms with Gasteiger partial charge >= 0.3 is 0 Å². The number of primary amides is 1. The van der Waals surface area contributed by atoms with Gasteiger partial charge in [0.15, 0.2) is 0 Å². The van der Waals surface area contributed by atoms with Crippen LogP contribution in [0.4, 0.5) is 5.69 Å². The first-order valence-corrected chi connectivity index (χ1v) is 5.34. The van der Waals surface area contributed by atoms with Crippen LogP contribution in [-0.4, -0.2) is 16.1 Å². The van der Waals surface area contributed by atoms with Crippen molar-refractivity contribution in [3.05, 3.63) is 47.8 Å². The first-order chi connectivity index (χ1) is 8.25. The first-order valence-electron chi connectivity index (χ1n) is 5.34. The lowest BCUT2D eigenvalue weighted by atomic mass is 10.1. The second kappa shape index (κ2) is 5.16. The molecule has 1 aromatic heterocycles. The van der Waals surface area contributed by atoms with E-state index in [1.165, 1.54) is 0 Å². The van der Waals surface area contributed by atoms with Gasteiger partial charge in [-0.05, 0) is 17.7 Å². The number of aromatic nitrogens is 2. The SMILES string of the molecule is NC(=O)Cc1ccccc1NCc1ccn[nH]1. The Labute approximate surface area is 99.0 Å². The van der Waals surface area contributed by atoms with Crippen molar-refractivity contribution in [2.45, 2.75) is 13.0 Å². The highest BCUT2D eigenvalue weighted by Gasteiger charge is 2.04. The van der Waals surface area contributed by atoms with Crippen molar-refractivity contribution >= 4 is 11.6 Å². The molecule has 0 spiro atoms. The Bertz CT molecular complexity index is 493. The lowest BCUT2D eigenvalue weighted by molar-refractivity contribution is -0.117. The molecule has 0 aliphatic heterocycles. The van der Waals surface area contributed by atoms with Crippen molar-refractivity contribution in [3.8, 4) is 0 Å². The zero-order valence-corrected chi connectivity index (χ0v) is 9.31. The molecule has 2 rings (SSSR count). The summed E-state index contributed by atoms with van der Waals surface area (Å²) in [6, 6.07) is 9.51. The summed E-state index contributed by atoms with van der Waals surface area (Å²) in [6.07, 6.45) is 1.94. The van der Waals surface area contributed by atoms with Crippen molar-refractivity contribution in [1.29, 1.82) is 0 Å². The molecule has 0 aliphatic carbocycles. The second-order valence-electron chi connectivity index (χ2n) is 3.74. The van der Waals surface area contributed by atoms with Gasteiger partial charge < -0.3 is 11.1 Å². The Morgan fingerprint density at radius 3 is 2.88 bits per heavy atom. The molecule has 0 radical (unpaired) electrons. The summed E-state index contributed by atoms with van der Waals surface area (Å²) < 4.78 is 0. The molecule has 4 N–H and O–H groups in total. The minimum atomic E-state index is -0.333. The molecule has 5 heteroatoms. The predicted octanol–water partition coefficient (Wildman–Crippen LogP) is 1.05. The largest absolute Gasteiger partial charge is 0.379 e. The number of amides is 1. The number of hydrogen-bond acceptors (Lipinski definition) is 3. The van der Waals surface area contributed by atoms with Gasteiger partial charge in [0, 0.05) is 11.9 Å². The highest BCUT2D eigenvalue weighted by molar-refractivity contribution is 5.78. The molecule has 0 atom stereocenters. The maximum atomic E-state index is 10.9. The fraction of sp³-hybridized carbons (Fsp3) is 0.167. The third-order valence-electron chi connectivity index (χ3n) is 2.41. The van der Waals surface area contributed by atoms with E-state index in [9.17, 15) is 4.79 Å². The highest BCUT2D eigenvalue weighted by Crippen LogP contribution is 2.16. The van der Waals surface area contributed by atoms with E-state index in [0.29, 0.717) is 6.54 Å². The lowest BCUT2D eigenvalue weighted by Crippen LogP contribution is -2.15. The van der Waals surface area contributed by atoms with E-state index < -0.39 is 0 Å². The molecule has 88 valence electrons. The number of benzene rings is 1. The van der Waals surface area contributed by atoms with E-state index in [4.69, 9.17) is 5.73 Å². The predicted molar refractivity (Wildman–Crippen MR) is 65.3 cm³/mol. The maximum Gasteiger partial charge on any atom is 0.221 e. The van der Waals surface area contributed by atoms with E-state index in [2.05, 4.69) is 15.5 Å². The second-order valence-corrected chi connectivity index (χ2v) is 3.74. The molecular weight excluding hydrogens is 216 g/mol. The summed E-state index contributed by atoms with van der Waals surface area (Å²) in [4.78, 5) is 10.9. The Hall–Kier alpha value is -2.30. The van der Waals surface area contributed by atoms with Gasteiger partial charge in [-0.15, -0.1) is 0 Å². The van der Waals surface area contributed by atoms with Gasteiger partial charge in [-0.1, -0.05) is 18.2 Å². The Balaban J connectivity index is 2.06. The topological polar surface area (TPSA) is 83.8 Å². The summed E-state index contributed by atoms with van der Waals surface area (Å²) in [6.45, 7) is 0.635. The van der Waals surface area contributed by atoms with Crippen LogP contribution in [0.25, 0.3) is 0 Å². The number of carbonyl (C=O) groups is 1. The Morgan fingerprint density at radius 1 is 1.35 bits per heavy atom. The van der Waals surface area contributed by atoms with E-state index in [-0.39, 0.29) is 12.3 Å². The number of nitrogens with one attached hydrogen (secondary N) is 2. The molecule has 0 saturated heterocycles. The van der Waals surface area contributed by atoms with Gasteiger partial charge in [0.25, 0.3) is 0 Å². The average molecular weight is 230 g/mol. The van der Waals surface area contributed by atoms with E-state index in [1.807, 2.05) is 30.3 Å². The Kier molecular flexibility index (Phi) is 3.40. The molecule has 0 fully saturated rings. The molecule has 0 saturated carbocycles. The van der Waals surface area contributed by atoms with Gasteiger partial charge in [-0.2, -0.15) is 5.10 Å². The molecule has 5 nitrogen and oxygen atoms in total. The van der Waals surface area contributed by atoms with Gasteiger partial charge in [0.1, 0.15) is 0 Å². The molecule has 0 bridgehead atoms. The average Bonchev–Trinajstić information content (AvgIpc) is 2.80. The fourth-order valence-corrected chi connectivity index (χ4v) is 1.61. The standard InChI is InChI=1S/C12H14N4O/c13-12(17)7-9-3-1-2-4-11(9)14-8-10-5-6-15-16-10/h1-6,14H,7-8H2,(H2,13,17)(H,15,16). The lowest BCUT2D eigenvalue weighted by Gasteiger charge is -2.09. The van der Waals surface area contributed by atoms with Gasteiger partial charge in [-0.25, -0.2) is 0 Å². The summed E-state index contributed by atoms with van der Waals surface area (Å²) in [7, 11) is 0. The van der Waals surface area contributed by atoms with Crippen LogP contribution in [0.3, 0.4) is 0 Å². The summed E-state index contributed by atoms with van der Waals surface area (Å²) in [5.41, 5.74) is 8.01. The highest BCUT2D eigenvalue weighted by atomic mass is 16.1. The van der Waals surface area contributed by atoms with Crippen molar-refractivity contribution in [3.63, 3.8) is 0 Å². The number of para-hydroxylation sites is 1. The number of hydrogen-bond donors (Lipinski definition) is 3. The molecular formula is C12H14N4O. The van der Waals surface area contributed by atoms with Crippen LogP contribution < -0.4 is 11.1 Å². The van der Waals surface area contributed by atoms with E-state index in [0.717, 1.165) is 16.9 Å².